The van der Waals surface area contributed by atoms with Crippen molar-refractivity contribution in [2.24, 2.45) is 5.73 Å². The molecule has 2 aromatic rings. The maximum absolute atomic E-state index is 6.03. The van der Waals surface area contributed by atoms with Crippen LogP contribution in [0.3, 0.4) is 0 Å². The van der Waals surface area contributed by atoms with E-state index in [1.165, 1.54) is 11.3 Å². The molecule has 0 amide bonds. The molecule has 0 saturated carbocycles. The predicted molar refractivity (Wildman–Crippen MR) is 83.0 cm³/mol. The first kappa shape index (κ1) is 14.0. The third-order valence-corrected chi connectivity index (χ3v) is 4.13. The molecule has 2 N–H and O–H groups in total. The summed E-state index contributed by atoms with van der Waals surface area (Å²) < 4.78 is 2.11. The van der Waals surface area contributed by atoms with Gasteiger partial charge in [-0.3, -0.25) is 4.90 Å². The summed E-state index contributed by atoms with van der Waals surface area (Å²) in [6, 6.07) is 8.86. The minimum absolute atomic E-state index is 0.228. The summed E-state index contributed by atoms with van der Waals surface area (Å²) in [5.74, 6) is 1.02. The largest absolute Gasteiger partial charge is 0.378 e. The molecule has 1 aliphatic heterocycles. The zero-order chi connectivity index (χ0) is 14.8. The Morgan fingerprint density at radius 2 is 2.00 bits per heavy atom. The topological polar surface area (TPSA) is 63.2 Å². The zero-order valence-electron chi connectivity index (χ0n) is 12.6. The zero-order valence-corrected chi connectivity index (χ0v) is 12.6. The van der Waals surface area contributed by atoms with E-state index in [2.05, 4.69) is 48.8 Å². The van der Waals surface area contributed by atoms with Crippen molar-refractivity contribution in [2.75, 3.05) is 32.1 Å². The molecule has 0 bridgehead atoms. The lowest BCUT2D eigenvalue weighted by Gasteiger charge is -2.34. The Hall–Kier alpha value is -1.92. The Morgan fingerprint density at radius 1 is 1.24 bits per heavy atom. The molecule has 21 heavy (non-hydrogen) atoms. The van der Waals surface area contributed by atoms with E-state index < -0.39 is 0 Å². The average Bonchev–Trinajstić information content (AvgIpc) is 2.96. The molecule has 1 aliphatic rings. The van der Waals surface area contributed by atoms with Crippen molar-refractivity contribution in [3.8, 4) is 0 Å². The maximum Gasteiger partial charge on any atom is 0.147 e. The van der Waals surface area contributed by atoms with E-state index in [1.807, 2.05) is 14.1 Å². The fourth-order valence-electron chi connectivity index (χ4n) is 2.84. The van der Waals surface area contributed by atoms with Crippen LogP contribution in [0.15, 0.2) is 30.6 Å². The quantitative estimate of drug-likeness (QED) is 0.903. The second-order valence-electron chi connectivity index (χ2n) is 5.65. The van der Waals surface area contributed by atoms with E-state index >= 15 is 0 Å². The lowest BCUT2D eigenvalue weighted by Crippen LogP contribution is -2.39. The van der Waals surface area contributed by atoms with Crippen LogP contribution in [-0.4, -0.2) is 46.8 Å². The van der Waals surface area contributed by atoms with Gasteiger partial charge in [0.15, 0.2) is 0 Å². The van der Waals surface area contributed by atoms with Crippen LogP contribution in [0, 0.1) is 0 Å². The first-order valence-electron chi connectivity index (χ1n) is 7.27. The number of anilines is 1. The maximum atomic E-state index is 6.03. The van der Waals surface area contributed by atoms with Crippen molar-refractivity contribution in [1.29, 1.82) is 0 Å². The van der Waals surface area contributed by atoms with E-state index in [1.54, 1.807) is 6.33 Å². The Kier molecular flexibility index (Phi) is 3.90. The van der Waals surface area contributed by atoms with Crippen molar-refractivity contribution in [1.82, 2.24) is 19.7 Å². The van der Waals surface area contributed by atoms with Crippen LogP contribution in [0.4, 0.5) is 5.69 Å². The number of hydrogen-bond donors (Lipinski definition) is 1. The number of benzene rings is 1. The lowest BCUT2D eigenvalue weighted by molar-refractivity contribution is 0.156. The summed E-state index contributed by atoms with van der Waals surface area (Å²) >= 11 is 0. The summed E-state index contributed by atoms with van der Waals surface area (Å²) in [7, 11) is 4.10. The van der Waals surface area contributed by atoms with E-state index in [0.29, 0.717) is 6.54 Å². The third kappa shape index (κ3) is 2.77. The predicted octanol–water partition coefficient (Wildman–Crippen LogP) is 0.860. The SMILES string of the molecule is CN(C)c1ccc(C(CN)N2CCn3cnnc3C2)cc1. The van der Waals surface area contributed by atoms with E-state index in [4.69, 9.17) is 5.73 Å². The molecule has 2 heterocycles. The summed E-state index contributed by atoms with van der Waals surface area (Å²) in [5, 5.41) is 8.16. The van der Waals surface area contributed by atoms with Crippen LogP contribution < -0.4 is 10.6 Å². The second-order valence-corrected chi connectivity index (χ2v) is 5.65. The highest BCUT2D eigenvalue weighted by molar-refractivity contribution is 5.46. The fourth-order valence-corrected chi connectivity index (χ4v) is 2.84. The molecule has 0 saturated heterocycles. The molecular formula is C15H22N6. The first-order chi connectivity index (χ1) is 10.2. The molecule has 0 fully saturated rings. The molecule has 0 spiro atoms. The monoisotopic (exact) mass is 286 g/mol. The molecule has 0 radical (unpaired) electrons. The molecule has 6 nitrogen and oxygen atoms in total. The Morgan fingerprint density at radius 3 is 2.67 bits per heavy atom. The second kappa shape index (κ2) is 5.83. The highest BCUT2D eigenvalue weighted by Gasteiger charge is 2.24. The van der Waals surface area contributed by atoms with Gasteiger partial charge in [-0.25, -0.2) is 0 Å². The van der Waals surface area contributed by atoms with Crippen LogP contribution in [0.5, 0.6) is 0 Å². The van der Waals surface area contributed by atoms with Gasteiger partial charge in [0.25, 0.3) is 0 Å². The summed E-state index contributed by atoms with van der Waals surface area (Å²) in [6.45, 7) is 3.31. The molecular weight excluding hydrogens is 264 g/mol. The minimum atomic E-state index is 0.228. The summed E-state index contributed by atoms with van der Waals surface area (Å²) in [4.78, 5) is 4.49. The molecule has 1 unspecified atom stereocenters. The van der Waals surface area contributed by atoms with Gasteiger partial charge in [0.1, 0.15) is 12.2 Å². The van der Waals surface area contributed by atoms with Gasteiger partial charge >= 0.3 is 0 Å². The van der Waals surface area contributed by atoms with Crippen molar-refractivity contribution in [3.05, 3.63) is 42.0 Å². The third-order valence-electron chi connectivity index (χ3n) is 4.13. The highest BCUT2D eigenvalue weighted by atomic mass is 15.3. The van der Waals surface area contributed by atoms with Crippen molar-refractivity contribution >= 4 is 5.69 Å². The van der Waals surface area contributed by atoms with Crippen LogP contribution in [-0.2, 0) is 13.1 Å². The number of fused-ring (bicyclic) bond motifs is 1. The van der Waals surface area contributed by atoms with Gasteiger partial charge in [-0.05, 0) is 17.7 Å². The van der Waals surface area contributed by atoms with Crippen molar-refractivity contribution in [2.45, 2.75) is 19.1 Å². The fraction of sp³-hybridized carbons (Fsp3) is 0.467. The average molecular weight is 286 g/mol. The van der Waals surface area contributed by atoms with Gasteiger partial charge in [0.2, 0.25) is 0 Å². The number of aromatic nitrogens is 3. The standard InChI is InChI=1S/C15H22N6/c1-19(2)13-5-3-12(4-6-13)14(9-16)20-7-8-21-11-17-18-15(21)10-20/h3-6,11,14H,7-10,16H2,1-2H3. The molecule has 6 heteroatoms. The summed E-state index contributed by atoms with van der Waals surface area (Å²) in [6.07, 6.45) is 1.80. The van der Waals surface area contributed by atoms with Crippen LogP contribution >= 0.6 is 0 Å². The molecule has 1 aromatic heterocycles. The van der Waals surface area contributed by atoms with Gasteiger partial charge in [0.05, 0.1) is 6.54 Å². The molecule has 112 valence electrons. The van der Waals surface area contributed by atoms with Gasteiger partial charge in [-0.15, -0.1) is 10.2 Å². The first-order valence-corrected chi connectivity index (χ1v) is 7.27. The van der Waals surface area contributed by atoms with Gasteiger partial charge < -0.3 is 15.2 Å². The lowest BCUT2D eigenvalue weighted by atomic mass is 10.0. The van der Waals surface area contributed by atoms with Gasteiger partial charge in [0, 0.05) is 45.5 Å². The Balaban J connectivity index is 1.79. The van der Waals surface area contributed by atoms with E-state index in [-0.39, 0.29) is 6.04 Å². The van der Waals surface area contributed by atoms with Crippen molar-refractivity contribution in [3.63, 3.8) is 0 Å². The normalized spacial score (nSPS) is 16.5. The minimum Gasteiger partial charge on any atom is -0.378 e. The van der Waals surface area contributed by atoms with Gasteiger partial charge in [-0.1, -0.05) is 12.1 Å². The smallest absolute Gasteiger partial charge is 0.147 e. The molecule has 3 rings (SSSR count). The van der Waals surface area contributed by atoms with Crippen LogP contribution in [0.2, 0.25) is 0 Å². The van der Waals surface area contributed by atoms with Crippen LogP contribution in [0.1, 0.15) is 17.4 Å². The number of nitrogens with two attached hydrogens (primary N) is 1. The highest BCUT2D eigenvalue weighted by Crippen LogP contribution is 2.25. The molecule has 1 atom stereocenters. The summed E-state index contributed by atoms with van der Waals surface area (Å²) in [5.41, 5.74) is 8.50. The number of rotatable bonds is 4. The van der Waals surface area contributed by atoms with Crippen LogP contribution in [0.25, 0.3) is 0 Å². The van der Waals surface area contributed by atoms with E-state index in [9.17, 15) is 0 Å². The number of hydrogen-bond acceptors (Lipinski definition) is 5. The number of nitrogens with zero attached hydrogens (tertiary/aromatic N) is 5. The molecule has 0 aliphatic carbocycles. The van der Waals surface area contributed by atoms with E-state index in [0.717, 1.165) is 25.5 Å². The Bertz CT molecular complexity index is 588. The van der Waals surface area contributed by atoms with Crippen molar-refractivity contribution < 1.29 is 0 Å². The Labute approximate surface area is 125 Å². The molecule has 1 aromatic carbocycles. The van der Waals surface area contributed by atoms with Gasteiger partial charge in [-0.2, -0.15) is 0 Å².